The second-order valence-corrected chi connectivity index (χ2v) is 6.57. The Balaban J connectivity index is 3.60. The largest absolute Gasteiger partial charge is 0.103 e. The molecular formula is C21H40. The van der Waals surface area contributed by atoms with E-state index in [4.69, 9.17) is 0 Å². The predicted molar refractivity (Wildman–Crippen MR) is 98.8 cm³/mol. The molecule has 0 radical (unpaired) electrons. The summed E-state index contributed by atoms with van der Waals surface area (Å²) in [4.78, 5) is 0. The molecule has 0 saturated heterocycles. The van der Waals surface area contributed by atoms with Crippen LogP contribution in [0.5, 0.6) is 0 Å². The van der Waals surface area contributed by atoms with Crippen molar-refractivity contribution < 1.29 is 0 Å². The van der Waals surface area contributed by atoms with E-state index in [-0.39, 0.29) is 0 Å². The SMILES string of the molecule is C=CCCCCCCC(CCCC)CCCCCCC=C. The molecule has 0 heterocycles. The van der Waals surface area contributed by atoms with Gasteiger partial charge in [0, 0.05) is 0 Å². The Kier molecular flexibility index (Phi) is 17.1. The number of unbranched alkanes of at least 4 members (excludes halogenated alkanes) is 9. The minimum Gasteiger partial charge on any atom is -0.103 e. The maximum atomic E-state index is 3.80. The van der Waals surface area contributed by atoms with E-state index in [1.807, 2.05) is 0 Å². The van der Waals surface area contributed by atoms with Crippen LogP contribution in [0.4, 0.5) is 0 Å². The van der Waals surface area contributed by atoms with E-state index in [2.05, 4.69) is 32.2 Å². The molecule has 0 saturated carbocycles. The van der Waals surface area contributed by atoms with E-state index in [1.165, 1.54) is 96.3 Å². The lowest BCUT2D eigenvalue weighted by atomic mass is 9.90. The van der Waals surface area contributed by atoms with Gasteiger partial charge in [0.2, 0.25) is 0 Å². The zero-order chi connectivity index (χ0) is 15.6. The number of hydrogen-bond donors (Lipinski definition) is 0. The van der Waals surface area contributed by atoms with Crippen molar-refractivity contribution in [1.82, 2.24) is 0 Å². The third-order valence-corrected chi connectivity index (χ3v) is 4.51. The fraction of sp³-hybridized carbons (Fsp3) is 0.810. The number of hydrogen-bond acceptors (Lipinski definition) is 0. The van der Waals surface area contributed by atoms with Crippen molar-refractivity contribution in [2.75, 3.05) is 0 Å². The molecule has 21 heavy (non-hydrogen) atoms. The van der Waals surface area contributed by atoms with Crippen LogP contribution < -0.4 is 0 Å². The topological polar surface area (TPSA) is 0 Å². The summed E-state index contributed by atoms with van der Waals surface area (Å²) in [5.74, 6) is 1.00. The van der Waals surface area contributed by atoms with Gasteiger partial charge >= 0.3 is 0 Å². The van der Waals surface area contributed by atoms with E-state index in [1.54, 1.807) is 0 Å². The molecule has 0 aliphatic rings. The molecule has 0 aromatic carbocycles. The number of rotatable bonds is 17. The maximum Gasteiger partial charge on any atom is -0.0353 e. The summed E-state index contributed by atoms with van der Waals surface area (Å²) in [5, 5.41) is 0. The number of allylic oxidation sites excluding steroid dienone is 2. The van der Waals surface area contributed by atoms with Crippen LogP contribution >= 0.6 is 0 Å². The highest BCUT2D eigenvalue weighted by Crippen LogP contribution is 2.23. The molecular weight excluding hydrogens is 252 g/mol. The molecule has 0 bridgehead atoms. The third kappa shape index (κ3) is 15.7. The summed E-state index contributed by atoms with van der Waals surface area (Å²) in [6.07, 6.45) is 24.9. The van der Waals surface area contributed by atoms with Gasteiger partial charge in [0.05, 0.1) is 0 Å². The Hall–Kier alpha value is -0.520. The summed E-state index contributed by atoms with van der Waals surface area (Å²) in [7, 11) is 0. The van der Waals surface area contributed by atoms with E-state index >= 15 is 0 Å². The Labute approximate surface area is 135 Å². The molecule has 0 aliphatic carbocycles. The van der Waals surface area contributed by atoms with E-state index in [0.29, 0.717) is 0 Å². The molecule has 0 heteroatoms. The van der Waals surface area contributed by atoms with Gasteiger partial charge in [0.25, 0.3) is 0 Å². The first-order valence-electron chi connectivity index (χ1n) is 9.56. The normalized spacial score (nSPS) is 11.0. The van der Waals surface area contributed by atoms with Gasteiger partial charge in [-0.2, -0.15) is 0 Å². The Bertz CT molecular complexity index is 196. The van der Waals surface area contributed by atoms with Crippen molar-refractivity contribution in [2.24, 2.45) is 5.92 Å². The average molecular weight is 293 g/mol. The van der Waals surface area contributed by atoms with Gasteiger partial charge < -0.3 is 0 Å². The Morgan fingerprint density at radius 2 is 1.05 bits per heavy atom. The first kappa shape index (κ1) is 20.5. The van der Waals surface area contributed by atoms with Gasteiger partial charge in [-0.05, 0) is 31.6 Å². The quantitative estimate of drug-likeness (QED) is 0.189. The third-order valence-electron chi connectivity index (χ3n) is 4.51. The summed E-state index contributed by atoms with van der Waals surface area (Å²) < 4.78 is 0. The Morgan fingerprint density at radius 1 is 0.619 bits per heavy atom. The van der Waals surface area contributed by atoms with E-state index < -0.39 is 0 Å². The van der Waals surface area contributed by atoms with Crippen LogP contribution in [0.15, 0.2) is 25.3 Å². The lowest BCUT2D eigenvalue weighted by molar-refractivity contribution is 0.372. The summed E-state index contributed by atoms with van der Waals surface area (Å²) in [6, 6.07) is 0. The van der Waals surface area contributed by atoms with Crippen molar-refractivity contribution >= 4 is 0 Å². The molecule has 124 valence electrons. The molecule has 0 amide bonds. The van der Waals surface area contributed by atoms with Gasteiger partial charge in [-0.1, -0.05) is 89.7 Å². The molecule has 0 aromatic heterocycles. The monoisotopic (exact) mass is 292 g/mol. The first-order valence-corrected chi connectivity index (χ1v) is 9.56. The molecule has 0 N–H and O–H groups in total. The lowest BCUT2D eigenvalue weighted by Crippen LogP contribution is -2.01. The Morgan fingerprint density at radius 3 is 1.48 bits per heavy atom. The van der Waals surface area contributed by atoms with Crippen LogP contribution in [-0.2, 0) is 0 Å². The van der Waals surface area contributed by atoms with Gasteiger partial charge in [-0.3, -0.25) is 0 Å². The van der Waals surface area contributed by atoms with Crippen LogP contribution in [0.1, 0.15) is 103 Å². The minimum absolute atomic E-state index is 1.00. The fourth-order valence-electron chi connectivity index (χ4n) is 3.08. The van der Waals surface area contributed by atoms with Crippen LogP contribution in [0, 0.1) is 5.92 Å². The summed E-state index contributed by atoms with van der Waals surface area (Å²) in [6.45, 7) is 9.91. The molecule has 0 fully saturated rings. The van der Waals surface area contributed by atoms with E-state index in [0.717, 1.165) is 5.92 Å². The minimum atomic E-state index is 1.00. The van der Waals surface area contributed by atoms with Crippen molar-refractivity contribution in [3.05, 3.63) is 25.3 Å². The smallest absolute Gasteiger partial charge is 0.0353 e. The van der Waals surface area contributed by atoms with Gasteiger partial charge in [-0.25, -0.2) is 0 Å². The second kappa shape index (κ2) is 17.5. The molecule has 0 rings (SSSR count). The molecule has 0 nitrogen and oxygen atoms in total. The zero-order valence-electron chi connectivity index (χ0n) is 14.8. The van der Waals surface area contributed by atoms with Crippen molar-refractivity contribution in [2.45, 2.75) is 103 Å². The van der Waals surface area contributed by atoms with Gasteiger partial charge in [0.15, 0.2) is 0 Å². The standard InChI is InChI=1S/C21H40/c1-4-7-10-12-14-16-19-21(18-9-6-3)20-17-15-13-11-8-5-2/h4-5,21H,1-2,6-20H2,3H3. The summed E-state index contributed by atoms with van der Waals surface area (Å²) >= 11 is 0. The fourth-order valence-corrected chi connectivity index (χ4v) is 3.08. The maximum absolute atomic E-state index is 3.80. The van der Waals surface area contributed by atoms with Crippen molar-refractivity contribution in [3.63, 3.8) is 0 Å². The zero-order valence-corrected chi connectivity index (χ0v) is 14.8. The van der Waals surface area contributed by atoms with E-state index in [9.17, 15) is 0 Å². The van der Waals surface area contributed by atoms with Crippen LogP contribution in [0.2, 0.25) is 0 Å². The lowest BCUT2D eigenvalue weighted by Gasteiger charge is -2.16. The molecule has 0 atom stereocenters. The predicted octanol–water partition coefficient (Wildman–Crippen LogP) is 7.85. The molecule has 0 spiro atoms. The van der Waals surface area contributed by atoms with Crippen molar-refractivity contribution in [3.8, 4) is 0 Å². The highest BCUT2D eigenvalue weighted by atomic mass is 14.1. The van der Waals surface area contributed by atoms with Crippen LogP contribution in [0.25, 0.3) is 0 Å². The summed E-state index contributed by atoms with van der Waals surface area (Å²) in [5.41, 5.74) is 0. The van der Waals surface area contributed by atoms with Crippen LogP contribution in [0.3, 0.4) is 0 Å². The van der Waals surface area contributed by atoms with Gasteiger partial charge in [0.1, 0.15) is 0 Å². The van der Waals surface area contributed by atoms with Gasteiger partial charge in [-0.15, -0.1) is 13.2 Å². The second-order valence-electron chi connectivity index (χ2n) is 6.57. The average Bonchev–Trinajstić information content (AvgIpc) is 2.50. The molecule has 0 aromatic rings. The molecule has 0 unspecified atom stereocenters. The highest BCUT2D eigenvalue weighted by molar-refractivity contribution is 4.67. The van der Waals surface area contributed by atoms with Crippen LogP contribution in [-0.4, -0.2) is 0 Å². The van der Waals surface area contributed by atoms with Crippen molar-refractivity contribution in [1.29, 1.82) is 0 Å². The molecule has 0 aliphatic heterocycles. The highest BCUT2D eigenvalue weighted by Gasteiger charge is 2.07. The first-order chi connectivity index (χ1) is 10.3.